The van der Waals surface area contributed by atoms with Crippen molar-refractivity contribution in [2.75, 3.05) is 13.1 Å². The molecule has 17 heavy (non-hydrogen) atoms. The average Bonchev–Trinajstić information content (AvgIpc) is 2.24. The molecule has 0 amide bonds. The molecule has 1 N–H and O–H groups in total. The van der Waals surface area contributed by atoms with Gasteiger partial charge in [-0.1, -0.05) is 0 Å². The lowest BCUT2D eigenvalue weighted by Crippen LogP contribution is -2.50. The Hall–Kier alpha value is -1.42. The number of rotatable bonds is 2. The summed E-state index contributed by atoms with van der Waals surface area (Å²) >= 11 is 0. The van der Waals surface area contributed by atoms with Crippen molar-refractivity contribution < 1.29 is 13.9 Å². The van der Waals surface area contributed by atoms with Crippen LogP contribution in [0.3, 0.4) is 0 Å². The Bertz CT molecular complexity index is 469. The molecule has 1 fully saturated rings. The van der Waals surface area contributed by atoms with Crippen LogP contribution >= 0.6 is 0 Å². The second kappa shape index (κ2) is 4.11. The molecular formula is C13H14FNO2. The highest BCUT2D eigenvalue weighted by Gasteiger charge is 2.23. The lowest BCUT2D eigenvalue weighted by atomic mass is 9.90. The smallest absolute Gasteiger partial charge is 0.165 e. The number of carbonyl (C=O) groups excluding carboxylic acids is 1. The van der Waals surface area contributed by atoms with Gasteiger partial charge in [-0.3, -0.25) is 4.79 Å². The number of aryl methyl sites for hydroxylation is 1. The number of benzene rings is 1. The number of ketones is 1. The van der Waals surface area contributed by atoms with Gasteiger partial charge in [-0.2, -0.15) is 0 Å². The van der Waals surface area contributed by atoms with Crippen molar-refractivity contribution in [3.8, 4) is 5.75 Å². The van der Waals surface area contributed by atoms with Gasteiger partial charge in [0.2, 0.25) is 0 Å². The third-order valence-corrected chi connectivity index (χ3v) is 3.35. The average molecular weight is 235 g/mol. The molecule has 3 rings (SSSR count). The molecule has 3 nitrogen and oxygen atoms in total. The first-order chi connectivity index (χ1) is 8.22. The number of hydrogen-bond acceptors (Lipinski definition) is 3. The highest BCUT2D eigenvalue weighted by atomic mass is 19.1. The van der Waals surface area contributed by atoms with Crippen molar-refractivity contribution in [1.82, 2.24) is 5.32 Å². The standard InChI is InChI=1S/C13H14FNO2/c14-12-4-8-1-2-10(16)3-9(8)5-13(12)17-11-6-15-7-11/h4-5,11,15H,1-3,6-7H2. The predicted octanol–water partition coefficient (Wildman–Crippen LogP) is 1.23. The Kier molecular flexibility index (Phi) is 2.59. The van der Waals surface area contributed by atoms with E-state index in [1.54, 1.807) is 6.07 Å². The van der Waals surface area contributed by atoms with Crippen LogP contribution in [0.4, 0.5) is 4.39 Å². The first kappa shape index (κ1) is 10.7. The Morgan fingerprint density at radius 2 is 2.06 bits per heavy atom. The number of Topliss-reactive ketones (excluding diaryl/α,β-unsaturated/α-hetero) is 1. The van der Waals surface area contributed by atoms with Gasteiger partial charge in [-0.25, -0.2) is 4.39 Å². The summed E-state index contributed by atoms with van der Waals surface area (Å²) in [5, 5.41) is 3.07. The summed E-state index contributed by atoms with van der Waals surface area (Å²) in [7, 11) is 0. The number of hydrogen-bond donors (Lipinski definition) is 1. The third-order valence-electron chi connectivity index (χ3n) is 3.35. The lowest BCUT2D eigenvalue weighted by molar-refractivity contribution is -0.118. The highest BCUT2D eigenvalue weighted by Crippen LogP contribution is 2.28. The van der Waals surface area contributed by atoms with Crippen molar-refractivity contribution in [2.24, 2.45) is 0 Å². The molecule has 0 aromatic heterocycles. The zero-order valence-electron chi connectivity index (χ0n) is 9.46. The van der Waals surface area contributed by atoms with Gasteiger partial charge in [0.15, 0.2) is 11.6 Å². The quantitative estimate of drug-likeness (QED) is 0.838. The van der Waals surface area contributed by atoms with Gasteiger partial charge in [0.1, 0.15) is 11.9 Å². The maximum absolute atomic E-state index is 13.8. The monoisotopic (exact) mass is 235 g/mol. The van der Waals surface area contributed by atoms with E-state index in [0.717, 1.165) is 24.2 Å². The van der Waals surface area contributed by atoms with E-state index in [9.17, 15) is 9.18 Å². The van der Waals surface area contributed by atoms with E-state index >= 15 is 0 Å². The van der Waals surface area contributed by atoms with E-state index in [0.29, 0.717) is 19.3 Å². The van der Waals surface area contributed by atoms with E-state index in [1.807, 2.05) is 0 Å². The molecule has 0 radical (unpaired) electrons. The van der Waals surface area contributed by atoms with Crippen LogP contribution in [0.1, 0.15) is 17.5 Å². The maximum Gasteiger partial charge on any atom is 0.165 e. The zero-order valence-corrected chi connectivity index (χ0v) is 9.46. The number of halogens is 1. The fraction of sp³-hybridized carbons (Fsp3) is 0.462. The van der Waals surface area contributed by atoms with Crippen molar-refractivity contribution in [3.05, 3.63) is 29.1 Å². The van der Waals surface area contributed by atoms with Crippen LogP contribution in [0.5, 0.6) is 5.75 Å². The fourth-order valence-electron chi connectivity index (χ4n) is 2.22. The van der Waals surface area contributed by atoms with Crippen LogP contribution in [-0.4, -0.2) is 25.0 Å². The minimum atomic E-state index is -0.315. The van der Waals surface area contributed by atoms with Crippen LogP contribution in [0.2, 0.25) is 0 Å². The van der Waals surface area contributed by atoms with Crippen LogP contribution < -0.4 is 10.1 Å². The summed E-state index contributed by atoms with van der Waals surface area (Å²) in [5.74, 6) is 0.190. The molecule has 0 unspecified atom stereocenters. The molecule has 1 saturated heterocycles. The highest BCUT2D eigenvalue weighted by molar-refractivity contribution is 5.83. The number of ether oxygens (including phenoxy) is 1. The summed E-state index contributed by atoms with van der Waals surface area (Å²) in [6.45, 7) is 1.52. The van der Waals surface area contributed by atoms with E-state index < -0.39 is 0 Å². The summed E-state index contributed by atoms with van der Waals surface area (Å²) < 4.78 is 19.3. The van der Waals surface area contributed by atoms with Gasteiger partial charge >= 0.3 is 0 Å². The number of nitrogens with one attached hydrogen (secondary N) is 1. The van der Waals surface area contributed by atoms with E-state index in [-0.39, 0.29) is 23.5 Å². The molecule has 0 bridgehead atoms. The molecule has 1 aromatic carbocycles. The molecule has 1 aromatic rings. The molecular weight excluding hydrogens is 221 g/mol. The SMILES string of the molecule is O=C1CCc2cc(F)c(OC3CNC3)cc2C1. The van der Waals surface area contributed by atoms with Gasteiger partial charge in [-0.05, 0) is 29.7 Å². The van der Waals surface area contributed by atoms with Gasteiger partial charge in [0.05, 0.1) is 0 Å². The van der Waals surface area contributed by atoms with Crippen LogP contribution in [0.25, 0.3) is 0 Å². The fourth-order valence-corrected chi connectivity index (χ4v) is 2.22. The van der Waals surface area contributed by atoms with Crippen LogP contribution in [0.15, 0.2) is 12.1 Å². The summed E-state index contributed by atoms with van der Waals surface area (Å²) in [5.41, 5.74) is 1.87. The minimum absolute atomic E-state index is 0.0573. The molecule has 0 saturated carbocycles. The number of fused-ring (bicyclic) bond motifs is 1. The van der Waals surface area contributed by atoms with Crippen LogP contribution in [-0.2, 0) is 17.6 Å². The van der Waals surface area contributed by atoms with Gasteiger partial charge in [0, 0.05) is 25.9 Å². The molecule has 4 heteroatoms. The topological polar surface area (TPSA) is 38.3 Å². The third kappa shape index (κ3) is 2.05. The van der Waals surface area contributed by atoms with E-state index in [4.69, 9.17) is 4.74 Å². The summed E-state index contributed by atoms with van der Waals surface area (Å²) in [6, 6.07) is 3.21. The van der Waals surface area contributed by atoms with Gasteiger partial charge in [-0.15, -0.1) is 0 Å². The van der Waals surface area contributed by atoms with Gasteiger partial charge in [0.25, 0.3) is 0 Å². The Labute approximate surface area is 99.0 Å². The Balaban J connectivity index is 1.88. The molecule has 0 atom stereocenters. The second-order valence-electron chi connectivity index (χ2n) is 4.66. The molecule has 2 aliphatic rings. The molecule has 0 spiro atoms. The largest absolute Gasteiger partial charge is 0.485 e. The minimum Gasteiger partial charge on any atom is -0.485 e. The normalized spacial score (nSPS) is 19.7. The lowest BCUT2D eigenvalue weighted by Gasteiger charge is -2.28. The van der Waals surface area contributed by atoms with Crippen molar-refractivity contribution in [3.63, 3.8) is 0 Å². The maximum atomic E-state index is 13.8. The molecule has 1 aliphatic carbocycles. The predicted molar refractivity (Wildman–Crippen MR) is 60.7 cm³/mol. The number of carbonyl (C=O) groups is 1. The summed E-state index contributed by atoms with van der Waals surface area (Å²) in [6.07, 6.45) is 1.64. The van der Waals surface area contributed by atoms with Crippen molar-refractivity contribution in [2.45, 2.75) is 25.4 Å². The van der Waals surface area contributed by atoms with Crippen molar-refractivity contribution in [1.29, 1.82) is 0 Å². The molecule has 90 valence electrons. The summed E-state index contributed by atoms with van der Waals surface area (Å²) in [4.78, 5) is 11.4. The second-order valence-corrected chi connectivity index (χ2v) is 4.66. The molecule has 1 heterocycles. The van der Waals surface area contributed by atoms with Gasteiger partial charge < -0.3 is 10.1 Å². The van der Waals surface area contributed by atoms with Crippen molar-refractivity contribution >= 4 is 5.78 Å². The van der Waals surface area contributed by atoms with E-state index in [1.165, 1.54) is 6.07 Å². The first-order valence-electron chi connectivity index (χ1n) is 5.93. The first-order valence-corrected chi connectivity index (χ1v) is 5.93. The Morgan fingerprint density at radius 3 is 2.76 bits per heavy atom. The molecule has 1 aliphatic heterocycles. The van der Waals surface area contributed by atoms with Crippen LogP contribution in [0, 0.1) is 5.82 Å². The zero-order chi connectivity index (χ0) is 11.8. The van der Waals surface area contributed by atoms with E-state index in [2.05, 4.69) is 5.32 Å². The Morgan fingerprint density at radius 1 is 1.24 bits per heavy atom.